The third-order valence-electron chi connectivity index (χ3n) is 6.29. The number of benzene rings is 1. The highest BCUT2D eigenvalue weighted by Crippen LogP contribution is 2.39. The van der Waals surface area contributed by atoms with Crippen LogP contribution in [0.4, 0.5) is 10.5 Å². The van der Waals surface area contributed by atoms with Crippen LogP contribution in [0.5, 0.6) is 5.88 Å². The second-order valence-electron chi connectivity index (χ2n) is 8.81. The highest BCUT2D eigenvalue weighted by molar-refractivity contribution is 7.91. The number of nitrogens with zero attached hydrogens (tertiary/aromatic N) is 4. The molecule has 3 N–H and O–H groups in total. The Balaban J connectivity index is 1.44. The normalized spacial score (nSPS) is 20.7. The lowest BCUT2D eigenvalue weighted by Gasteiger charge is -2.15. The summed E-state index contributed by atoms with van der Waals surface area (Å²) in [5.74, 6) is 0.331. The van der Waals surface area contributed by atoms with Crippen LogP contribution in [-0.4, -0.2) is 52.2 Å². The third kappa shape index (κ3) is 3.62. The Morgan fingerprint density at radius 2 is 1.97 bits per heavy atom. The predicted molar refractivity (Wildman–Crippen MR) is 118 cm³/mol. The van der Waals surface area contributed by atoms with Crippen molar-refractivity contribution in [2.75, 3.05) is 32.6 Å². The number of rotatable bonds is 4. The first-order chi connectivity index (χ1) is 14.8. The van der Waals surface area contributed by atoms with Gasteiger partial charge in [-0.15, -0.1) is 4.36 Å². The lowest BCUT2D eigenvalue weighted by Crippen LogP contribution is -2.24. The summed E-state index contributed by atoms with van der Waals surface area (Å²) >= 11 is 0. The Kier molecular flexibility index (Phi) is 5.03. The molecule has 1 aromatic carbocycles. The van der Waals surface area contributed by atoms with Gasteiger partial charge >= 0.3 is 6.03 Å². The van der Waals surface area contributed by atoms with Gasteiger partial charge in [-0.25, -0.2) is 18.8 Å². The standard InChI is InChI=1S/C21H28N6O3S/c1-26(2)11-15-12-30-20-18(10-23-27(15)20)31(22,29)25-21(28)24-19-16-7-3-5-13(16)9-14-6-4-8-17(14)19/h9-10,15H,3-8,11-12H2,1-2H3,(H3,22,24,25,28,29)/t15-,31-/m0/s1. The number of likely N-dealkylation sites (N-methyl/N-ethyl adjacent to an activating group) is 1. The molecule has 0 unspecified atom stereocenters. The van der Waals surface area contributed by atoms with E-state index in [-0.39, 0.29) is 10.9 Å². The molecule has 1 aromatic heterocycles. The van der Waals surface area contributed by atoms with E-state index in [4.69, 9.17) is 9.88 Å². The van der Waals surface area contributed by atoms with Gasteiger partial charge < -0.3 is 15.0 Å². The summed E-state index contributed by atoms with van der Waals surface area (Å²) in [7, 11) is 0.427. The van der Waals surface area contributed by atoms with Gasteiger partial charge in [-0.1, -0.05) is 6.07 Å². The highest BCUT2D eigenvalue weighted by Gasteiger charge is 2.32. The van der Waals surface area contributed by atoms with Crippen LogP contribution in [0.2, 0.25) is 0 Å². The third-order valence-corrected chi connectivity index (χ3v) is 7.64. The number of amides is 2. The molecule has 3 aliphatic rings. The number of fused-ring (bicyclic) bond motifs is 3. The van der Waals surface area contributed by atoms with Crippen LogP contribution in [0.25, 0.3) is 0 Å². The Labute approximate surface area is 182 Å². The van der Waals surface area contributed by atoms with Crippen molar-refractivity contribution in [1.29, 1.82) is 0 Å². The molecule has 10 heteroatoms. The van der Waals surface area contributed by atoms with Gasteiger partial charge in [0, 0.05) is 12.2 Å². The Morgan fingerprint density at radius 3 is 2.61 bits per heavy atom. The zero-order chi connectivity index (χ0) is 21.8. The number of carbonyl (C=O) groups is 1. The maximum absolute atomic E-state index is 13.2. The van der Waals surface area contributed by atoms with Crippen LogP contribution in [0.15, 0.2) is 21.5 Å². The largest absolute Gasteiger partial charge is 0.475 e. The number of urea groups is 1. The Bertz CT molecular complexity index is 1150. The average molecular weight is 445 g/mol. The molecule has 0 fully saturated rings. The van der Waals surface area contributed by atoms with E-state index in [0.717, 1.165) is 50.8 Å². The highest BCUT2D eigenvalue weighted by atomic mass is 32.2. The van der Waals surface area contributed by atoms with E-state index in [1.54, 1.807) is 4.68 Å². The fraction of sp³-hybridized carbons (Fsp3) is 0.524. The first-order valence-electron chi connectivity index (χ1n) is 10.7. The van der Waals surface area contributed by atoms with E-state index >= 15 is 0 Å². The fourth-order valence-electron chi connectivity index (χ4n) is 5.00. The fourth-order valence-corrected chi connectivity index (χ4v) is 5.99. The first-order valence-corrected chi connectivity index (χ1v) is 12.3. The van der Waals surface area contributed by atoms with Gasteiger partial charge in [-0.3, -0.25) is 0 Å². The van der Waals surface area contributed by atoms with Crippen molar-refractivity contribution in [1.82, 2.24) is 14.7 Å². The molecule has 2 heterocycles. The van der Waals surface area contributed by atoms with Crippen molar-refractivity contribution in [3.05, 3.63) is 34.5 Å². The summed E-state index contributed by atoms with van der Waals surface area (Å²) < 4.78 is 24.5. The van der Waals surface area contributed by atoms with Gasteiger partial charge in [0.1, 0.15) is 17.5 Å². The summed E-state index contributed by atoms with van der Waals surface area (Å²) in [4.78, 5) is 15.0. The van der Waals surface area contributed by atoms with Gasteiger partial charge in [0.05, 0.1) is 6.20 Å². The van der Waals surface area contributed by atoms with Crippen molar-refractivity contribution in [2.24, 2.45) is 9.50 Å². The number of carbonyl (C=O) groups excluding carboxylic acids is 1. The monoisotopic (exact) mass is 444 g/mol. The van der Waals surface area contributed by atoms with Gasteiger partial charge in [0.25, 0.3) is 0 Å². The van der Waals surface area contributed by atoms with E-state index in [0.29, 0.717) is 12.5 Å². The second kappa shape index (κ2) is 7.61. The summed E-state index contributed by atoms with van der Waals surface area (Å²) in [6.45, 7) is 1.14. The minimum atomic E-state index is -3.50. The number of hydrogen-bond acceptors (Lipinski definition) is 5. The van der Waals surface area contributed by atoms with Crippen molar-refractivity contribution >= 4 is 21.6 Å². The van der Waals surface area contributed by atoms with Crippen LogP contribution in [0.1, 0.15) is 41.1 Å². The van der Waals surface area contributed by atoms with E-state index in [9.17, 15) is 9.00 Å². The van der Waals surface area contributed by atoms with E-state index in [2.05, 4.69) is 20.8 Å². The molecule has 0 saturated heterocycles. The molecule has 0 radical (unpaired) electrons. The van der Waals surface area contributed by atoms with Crippen LogP contribution in [-0.2, 0) is 35.6 Å². The summed E-state index contributed by atoms with van der Waals surface area (Å²) in [6.07, 6.45) is 7.50. The summed E-state index contributed by atoms with van der Waals surface area (Å²) in [6, 6.07) is 1.60. The molecule has 2 aliphatic carbocycles. The number of nitrogens with one attached hydrogen (secondary N) is 1. The van der Waals surface area contributed by atoms with E-state index in [1.807, 2.05) is 19.0 Å². The number of aryl methyl sites for hydroxylation is 2. The second-order valence-corrected chi connectivity index (χ2v) is 10.6. The van der Waals surface area contributed by atoms with E-state index < -0.39 is 15.9 Å². The van der Waals surface area contributed by atoms with Gasteiger partial charge in [0.15, 0.2) is 9.92 Å². The van der Waals surface area contributed by atoms with Gasteiger partial charge in [-0.2, -0.15) is 5.10 Å². The van der Waals surface area contributed by atoms with Crippen molar-refractivity contribution in [3.8, 4) is 5.88 Å². The lowest BCUT2D eigenvalue weighted by molar-refractivity contribution is 0.260. The zero-order valence-electron chi connectivity index (χ0n) is 17.9. The molecular formula is C21H28N6O3S. The van der Waals surface area contributed by atoms with E-state index in [1.165, 1.54) is 28.5 Å². The molecule has 31 heavy (non-hydrogen) atoms. The maximum atomic E-state index is 13.2. The average Bonchev–Trinajstić information content (AvgIpc) is 3.45. The maximum Gasteiger partial charge on any atom is 0.354 e. The molecule has 166 valence electrons. The molecule has 0 saturated carbocycles. The Hall–Kier alpha value is -2.43. The first kappa shape index (κ1) is 20.5. The van der Waals surface area contributed by atoms with Crippen LogP contribution >= 0.6 is 0 Å². The number of aromatic nitrogens is 2. The lowest BCUT2D eigenvalue weighted by atomic mass is 9.99. The minimum absolute atomic E-state index is 0.00253. The van der Waals surface area contributed by atoms with Crippen molar-refractivity contribution in [3.63, 3.8) is 0 Å². The summed E-state index contributed by atoms with van der Waals surface area (Å²) in [5, 5.41) is 13.3. The molecular weight excluding hydrogens is 416 g/mol. The SMILES string of the molecule is CN(C)C[C@H]1COc2c([S@@](N)(=O)=NC(=O)Nc3c4c(cc5c3CCC5)CCC4)cnn21. The van der Waals surface area contributed by atoms with Gasteiger partial charge in [0.2, 0.25) is 5.88 Å². The minimum Gasteiger partial charge on any atom is -0.475 e. The van der Waals surface area contributed by atoms with Crippen LogP contribution in [0.3, 0.4) is 0 Å². The number of anilines is 1. The molecule has 2 amide bonds. The number of hydrogen-bond donors (Lipinski definition) is 2. The molecule has 0 spiro atoms. The van der Waals surface area contributed by atoms with Crippen molar-refractivity contribution < 1.29 is 13.7 Å². The molecule has 1 aliphatic heterocycles. The number of nitrogens with two attached hydrogens (primary N) is 1. The molecule has 2 atom stereocenters. The van der Waals surface area contributed by atoms with Crippen molar-refractivity contribution in [2.45, 2.75) is 49.5 Å². The quantitative estimate of drug-likeness (QED) is 0.751. The topological polar surface area (TPSA) is 115 Å². The zero-order valence-corrected chi connectivity index (χ0v) is 18.7. The molecule has 0 bridgehead atoms. The smallest absolute Gasteiger partial charge is 0.354 e. The molecule has 5 rings (SSSR count). The summed E-state index contributed by atoms with van der Waals surface area (Å²) in [5.41, 5.74) is 5.84. The molecule has 2 aromatic rings. The van der Waals surface area contributed by atoms with Crippen LogP contribution < -0.4 is 15.2 Å². The molecule has 9 nitrogen and oxygen atoms in total. The van der Waals surface area contributed by atoms with Crippen LogP contribution in [0, 0.1) is 0 Å². The number of ether oxygens (including phenoxy) is 1. The predicted octanol–water partition coefficient (Wildman–Crippen LogP) is 2.29. The Morgan fingerprint density at radius 1 is 1.29 bits per heavy atom. The van der Waals surface area contributed by atoms with Gasteiger partial charge in [-0.05, 0) is 74.9 Å².